The fourth-order valence-electron chi connectivity index (χ4n) is 2.18. The van der Waals surface area contributed by atoms with Crippen LogP contribution in [0.25, 0.3) is 0 Å². The van der Waals surface area contributed by atoms with Crippen LogP contribution in [0, 0.1) is 5.92 Å². The fraction of sp³-hybridized carbons (Fsp3) is 0.636. The van der Waals surface area contributed by atoms with Crippen LogP contribution in [0.4, 0.5) is 0 Å². The second kappa shape index (κ2) is 6.06. The van der Waals surface area contributed by atoms with Gasteiger partial charge in [-0.2, -0.15) is 4.31 Å². The second-order valence-corrected chi connectivity index (χ2v) is 6.40. The topological polar surface area (TPSA) is 76.5 Å². The van der Waals surface area contributed by atoms with Crippen molar-refractivity contribution in [3.8, 4) is 0 Å². The van der Waals surface area contributed by atoms with Crippen molar-refractivity contribution in [1.82, 2.24) is 4.31 Å². The molecule has 1 atom stereocenters. The van der Waals surface area contributed by atoms with Gasteiger partial charge >= 0.3 is 0 Å². The summed E-state index contributed by atoms with van der Waals surface area (Å²) >= 11 is 0. The Morgan fingerprint density at radius 2 is 2.06 bits per heavy atom. The summed E-state index contributed by atoms with van der Waals surface area (Å²) < 4.78 is 30.7. The number of halogens is 1. The van der Waals surface area contributed by atoms with E-state index in [1.165, 1.54) is 16.6 Å². The number of hydrogen-bond donors (Lipinski definition) is 1. The molecule has 0 aliphatic carbocycles. The quantitative estimate of drug-likeness (QED) is 0.915. The molecule has 1 aromatic heterocycles. The lowest BCUT2D eigenvalue weighted by Crippen LogP contribution is -2.42. The molecule has 1 aliphatic heterocycles. The SMILES string of the molecule is CC(N)C1CCN(S(=O)(=O)c2ccco2)CC1.Cl. The van der Waals surface area contributed by atoms with Crippen LogP contribution in [0.15, 0.2) is 27.9 Å². The number of furan rings is 1. The van der Waals surface area contributed by atoms with E-state index in [4.69, 9.17) is 10.2 Å². The van der Waals surface area contributed by atoms with Crippen molar-refractivity contribution in [1.29, 1.82) is 0 Å². The lowest BCUT2D eigenvalue weighted by molar-refractivity contribution is 0.247. The third kappa shape index (κ3) is 3.06. The first-order valence-electron chi connectivity index (χ1n) is 5.81. The Balaban J connectivity index is 0.00000162. The second-order valence-electron chi connectivity index (χ2n) is 4.53. The minimum atomic E-state index is -3.44. The Kier molecular flexibility index (Phi) is 5.21. The molecule has 1 unspecified atom stereocenters. The van der Waals surface area contributed by atoms with Crippen molar-refractivity contribution >= 4 is 22.4 Å². The Morgan fingerprint density at radius 1 is 1.44 bits per heavy atom. The molecule has 2 rings (SSSR count). The van der Waals surface area contributed by atoms with Gasteiger partial charge in [0, 0.05) is 19.1 Å². The van der Waals surface area contributed by atoms with E-state index in [-0.39, 0.29) is 23.5 Å². The average molecular weight is 295 g/mol. The number of nitrogens with two attached hydrogens (primary N) is 1. The number of nitrogens with zero attached hydrogens (tertiary/aromatic N) is 1. The molecule has 0 amide bonds. The summed E-state index contributed by atoms with van der Waals surface area (Å²) in [7, 11) is -3.44. The lowest BCUT2D eigenvalue weighted by atomic mass is 9.92. The van der Waals surface area contributed by atoms with E-state index in [0.717, 1.165) is 12.8 Å². The van der Waals surface area contributed by atoms with Gasteiger partial charge in [0.15, 0.2) is 0 Å². The highest BCUT2D eigenvalue weighted by Crippen LogP contribution is 2.25. The Bertz CT molecular complexity index is 451. The van der Waals surface area contributed by atoms with Crippen molar-refractivity contribution in [2.75, 3.05) is 13.1 Å². The fourth-order valence-corrected chi connectivity index (χ4v) is 3.55. The summed E-state index contributed by atoms with van der Waals surface area (Å²) in [5, 5.41) is 0.0248. The zero-order valence-corrected chi connectivity index (χ0v) is 11.9. The summed E-state index contributed by atoms with van der Waals surface area (Å²) in [6.07, 6.45) is 3.01. The van der Waals surface area contributed by atoms with Crippen LogP contribution in [-0.2, 0) is 10.0 Å². The van der Waals surface area contributed by atoms with E-state index in [1.807, 2.05) is 6.92 Å². The van der Waals surface area contributed by atoms with Gasteiger partial charge < -0.3 is 10.2 Å². The molecule has 5 nitrogen and oxygen atoms in total. The smallest absolute Gasteiger partial charge is 0.276 e. The molecule has 0 bridgehead atoms. The van der Waals surface area contributed by atoms with Crippen LogP contribution in [0.5, 0.6) is 0 Å². The maximum absolute atomic E-state index is 12.1. The maximum atomic E-state index is 12.1. The van der Waals surface area contributed by atoms with Gasteiger partial charge in [0.05, 0.1) is 6.26 Å². The lowest BCUT2D eigenvalue weighted by Gasteiger charge is -2.32. The highest BCUT2D eigenvalue weighted by molar-refractivity contribution is 7.89. The molecule has 2 N–H and O–H groups in total. The molecule has 1 aromatic rings. The predicted octanol–water partition coefficient (Wildman–Crippen LogP) is 1.45. The molecular formula is C11H19ClN2O3S. The van der Waals surface area contributed by atoms with Crippen molar-refractivity contribution < 1.29 is 12.8 Å². The van der Waals surface area contributed by atoms with Crippen molar-refractivity contribution in [3.05, 3.63) is 18.4 Å². The van der Waals surface area contributed by atoms with Crippen molar-refractivity contribution in [2.45, 2.75) is 30.9 Å². The van der Waals surface area contributed by atoms with E-state index in [0.29, 0.717) is 19.0 Å². The van der Waals surface area contributed by atoms with Crippen molar-refractivity contribution in [3.63, 3.8) is 0 Å². The minimum absolute atomic E-state index is 0. The van der Waals surface area contributed by atoms with Crippen LogP contribution in [0.2, 0.25) is 0 Å². The normalized spacial score (nSPS) is 20.3. The van der Waals surface area contributed by atoms with Crippen LogP contribution < -0.4 is 5.73 Å². The first-order valence-corrected chi connectivity index (χ1v) is 7.25. The highest BCUT2D eigenvalue weighted by atomic mass is 35.5. The molecule has 0 spiro atoms. The molecular weight excluding hydrogens is 276 g/mol. The molecule has 0 radical (unpaired) electrons. The molecule has 18 heavy (non-hydrogen) atoms. The zero-order chi connectivity index (χ0) is 12.5. The van der Waals surface area contributed by atoms with Crippen LogP contribution >= 0.6 is 12.4 Å². The summed E-state index contributed by atoms with van der Waals surface area (Å²) in [4.78, 5) is 0. The van der Waals surface area contributed by atoms with E-state index in [1.54, 1.807) is 6.07 Å². The highest BCUT2D eigenvalue weighted by Gasteiger charge is 2.31. The van der Waals surface area contributed by atoms with E-state index in [2.05, 4.69) is 0 Å². The maximum Gasteiger partial charge on any atom is 0.276 e. The summed E-state index contributed by atoms with van der Waals surface area (Å²) in [6, 6.07) is 3.19. The summed E-state index contributed by atoms with van der Waals surface area (Å²) in [5.41, 5.74) is 5.83. The largest absolute Gasteiger partial charge is 0.452 e. The summed E-state index contributed by atoms with van der Waals surface area (Å²) in [6.45, 7) is 3.02. The molecule has 1 saturated heterocycles. The Hall–Kier alpha value is -0.560. The van der Waals surface area contributed by atoms with Gasteiger partial charge in [-0.15, -0.1) is 12.4 Å². The predicted molar refractivity (Wildman–Crippen MR) is 71.1 cm³/mol. The van der Waals surface area contributed by atoms with Crippen LogP contribution in [0.1, 0.15) is 19.8 Å². The van der Waals surface area contributed by atoms with Gasteiger partial charge in [0.2, 0.25) is 5.09 Å². The van der Waals surface area contributed by atoms with Gasteiger partial charge in [-0.3, -0.25) is 0 Å². The third-order valence-corrected chi connectivity index (χ3v) is 5.12. The molecule has 7 heteroatoms. The van der Waals surface area contributed by atoms with Gasteiger partial charge in [-0.25, -0.2) is 8.42 Å². The standard InChI is InChI=1S/C11H18N2O3S.ClH/c1-9(12)10-4-6-13(7-5-10)17(14,15)11-3-2-8-16-11;/h2-3,8-10H,4-7,12H2,1H3;1H. The van der Waals surface area contributed by atoms with Gasteiger partial charge in [-0.1, -0.05) is 0 Å². The zero-order valence-electron chi connectivity index (χ0n) is 10.3. The number of piperidine rings is 1. The monoisotopic (exact) mass is 294 g/mol. The van der Waals surface area contributed by atoms with Gasteiger partial charge in [-0.05, 0) is 37.8 Å². The van der Waals surface area contributed by atoms with Crippen LogP contribution in [0.3, 0.4) is 0 Å². The molecule has 0 saturated carbocycles. The third-order valence-electron chi connectivity index (χ3n) is 3.33. The Morgan fingerprint density at radius 3 is 2.50 bits per heavy atom. The molecule has 1 fully saturated rings. The van der Waals surface area contributed by atoms with Gasteiger partial charge in [0.25, 0.3) is 10.0 Å². The van der Waals surface area contributed by atoms with Gasteiger partial charge in [0.1, 0.15) is 0 Å². The first kappa shape index (κ1) is 15.5. The molecule has 1 aliphatic rings. The summed E-state index contributed by atoms with van der Waals surface area (Å²) in [5.74, 6) is 0.415. The Labute approximate surface area is 114 Å². The first-order chi connectivity index (χ1) is 8.01. The molecule has 104 valence electrons. The minimum Gasteiger partial charge on any atom is -0.452 e. The number of rotatable bonds is 3. The molecule has 2 heterocycles. The van der Waals surface area contributed by atoms with E-state index in [9.17, 15) is 8.42 Å². The van der Waals surface area contributed by atoms with E-state index >= 15 is 0 Å². The number of hydrogen-bond acceptors (Lipinski definition) is 4. The van der Waals surface area contributed by atoms with Crippen molar-refractivity contribution in [2.24, 2.45) is 11.7 Å². The van der Waals surface area contributed by atoms with Crippen LogP contribution in [-0.4, -0.2) is 31.9 Å². The average Bonchev–Trinajstić information content (AvgIpc) is 2.83. The van der Waals surface area contributed by atoms with E-state index < -0.39 is 10.0 Å². The molecule has 0 aromatic carbocycles. The number of sulfonamides is 1.